The highest BCUT2D eigenvalue weighted by Gasteiger charge is 2.49. The number of aromatic nitrogens is 1. The molecular formula is C26H30ClN3O5. The molecule has 5 rings (SSSR count). The van der Waals surface area contributed by atoms with E-state index in [4.69, 9.17) is 20.9 Å². The fourth-order valence-corrected chi connectivity index (χ4v) is 6.13. The van der Waals surface area contributed by atoms with E-state index >= 15 is 0 Å². The van der Waals surface area contributed by atoms with Crippen LogP contribution in [-0.2, 0) is 15.1 Å². The topological polar surface area (TPSA) is 96.1 Å². The molecule has 0 aliphatic carbocycles. The third-order valence-electron chi connectivity index (χ3n) is 7.80. The van der Waals surface area contributed by atoms with Crippen LogP contribution in [0.2, 0.25) is 5.02 Å². The number of rotatable bonds is 3. The SMILES string of the molecule is COC(=O)C1=C(c2c(C)noc2C)C[C@@H]2CC[C@H]1N2C(=O)N1CCC(O)(c2ccc(Cl)cc2)CC1. The molecule has 2 bridgehead atoms. The molecule has 3 aliphatic rings. The summed E-state index contributed by atoms with van der Waals surface area (Å²) in [5.74, 6) is 0.245. The molecule has 186 valence electrons. The van der Waals surface area contributed by atoms with Crippen LogP contribution < -0.4 is 0 Å². The molecule has 1 aromatic carbocycles. The van der Waals surface area contributed by atoms with Crippen molar-refractivity contribution in [3.63, 3.8) is 0 Å². The lowest BCUT2D eigenvalue weighted by Crippen LogP contribution is -2.55. The summed E-state index contributed by atoms with van der Waals surface area (Å²) in [4.78, 5) is 30.4. The van der Waals surface area contributed by atoms with Crippen LogP contribution in [0.4, 0.5) is 4.79 Å². The number of likely N-dealkylation sites (tertiary alicyclic amines) is 1. The van der Waals surface area contributed by atoms with Gasteiger partial charge in [-0.05, 0) is 69.2 Å². The van der Waals surface area contributed by atoms with Crippen LogP contribution in [0.25, 0.3) is 5.57 Å². The molecule has 3 aliphatic heterocycles. The van der Waals surface area contributed by atoms with Gasteiger partial charge in [0.1, 0.15) is 5.76 Å². The van der Waals surface area contributed by atoms with E-state index in [2.05, 4.69) is 5.16 Å². The van der Waals surface area contributed by atoms with E-state index in [1.54, 1.807) is 17.0 Å². The maximum absolute atomic E-state index is 13.7. The first kappa shape index (κ1) is 23.9. The quantitative estimate of drug-likeness (QED) is 0.635. The first-order valence-electron chi connectivity index (χ1n) is 12.0. The number of carbonyl (C=O) groups is 2. The third kappa shape index (κ3) is 4.02. The van der Waals surface area contributed by atoms with Crippen LogP contribution in [0.3, 0.4) is 0 Å². The summed E-state index contributed by atoms with van der Waals surface area (Å²) in [7, 11) is 1.37. The Balaban J connectivity index is 1.39. The van der Waals surface area contributed by atoms with E-state index in [-0.39, 0.29) is 18.1 Å². The number of esters is 1. The number of aliphatic hydroxyl groups is 1. The fourth-order valence-electron chi connectivity index (χ4n) is 6.00. The van der Waals surface area contributed by atoms with E-state index in [0.29, 0.717) is 55.1 Å². The normalized spacial score (nSPS) is 23.6. The number of urea groups is 1. The molecule has 0 saturated carbocycles. The summed E-state index contributed by atoms with van der Waals surface area (Å²) < 4.78 is 10.5. The number of amides is 2. The summed E-state index contributed by atoms with van der Waals surface area (Å²) in [6.45, 7) is 4.57. The molecule has 4 heterocycles. The summed E-state index contributed by atoms with van der Waals surface area (Å²) in [5.41, 5.74) is 2.80. The number of methoxy groups -OCH3 is 1. The predicted molar refractivity (Wildman–Crippen MR) is 130 cm³/mol. The maximum atomic E-state index is 13.7. The van der Waals surface area contributed by atoms with Gasteiger partial charge in [0, 0.05) is 29.7 Å². The number of ether oxygens (including phenoxy) is 1. The Kier molecular flexibility index (Phi) is 6.13. The van der Waals surface area contributed by atoms with Gasteiger partial charge in [-0.3, -0.25) is 0 Å². The molecule has 2 saturated heterocycles. The minimum Gasteiger partial charge on any atom is -0.466 e. The minimum absolute atomic E-state index is 0.0123. The van der Waals surface area contributed by atoms with Gasteiger partial charge < -0.3 is 24.2 Å². The van der Waals surface area contributed by atoms with Crippen molar-refractivity contribution >= 4 is 29.2 Å². The molecule has 0 spiro atoms. The highest BCUT2D eigenvalue weighted by molar-refractivity contribution is 6.30. The molecule has 1 aromatic heterocycles. The van der Waals surface area contributed by atoms with Crippen LogP contribution in [0, 0.1) is 13.8 Å². The van der Waals surface area contributed by atoms with Crippen molar-refractivity contribution in [3.8, 4) is 0 Å². The van der Waals surface area contributed by atoms with Gasteiger partial charge in [-0.2, -0.15) is 0 Å². The van der Waals surface area contributed by atoms with Crippen LogP contribution in [0.1, 0.15) is 54.7 Å². The fraction of sp³-hybridized carbons (Fsp3) is 0.500. The number of nitrogens with zero attached hydrogens (tertiary/aromatic N) is 3. The van der Waals surface area contributed by atoms with Crippen LogP contribution in [0.15, 0.2) is 34.4 Å². The van der Waals surface area contributed by atoms with Crippen molar-refractivity contribution in [2.75, 3.05) is 20.2 Å². The Morgan fingerprint density at radius 2 is 1.86 bits per heavy atom. The third-order valence-corrected chi connectivity index (χ3v) is 8.06. The van der Waals surface area contributed by atoms with Gasteiger partial charge in [-0.1, -0.05) is 28.9 Å². The Morgan fingerprint density at radius 3 is 2.46 bits per heavy atom. The Bertz CT molecular complexity index is 1160. The molecule has 0 unspecified atom stereocenters. The van der Waals surface area contributed by atoms with Crippen molar-refractivity contribution in [1.29, 1.82) is 0 Å². The zero-order valence-electron chi connectivity index (χ0n) is 20.2. The molecule has 2 fully saturated rings. The highest BCUT2D eigenvalue weighted by Crippen LogP contribution is 2.45. The van der Waals surface area contributed by atoms with Gasteiger partial charge in [0.05, 0.1) is 30.0 Å². The number of halogens is 1. The predicted octanol–water partition coefficient (Wildman–Crippen LogP) is 4.21. The Morgan fingerprint density at radius 1 is 1.17 bits per heavy atom. The molecule has 0 radical (unpaired) electrons. The molecule has 35 heavy (non-hydrogen) atoms. The van der Waals surface area contributed by atoms with Crippen molar-refractivity contribution in [1.82, 2.24) is 15.0 Å². The van der Waals surface area contributed by atoms with Crippen molar-refractivity contribution < 1.29 is 24.0 Å². The van der Waals surface area contributed by atoms with E-state index in [9.17, 15) is 14.7 Å². The van der Waals surface area contributed by atoms with Gasteiger partial charge in [0.15, 0.2) is 0 Å². The second-order valence-corrected chi connectivity index (χ2v) is 10.2. The molecular weight excluding hydrogens is 470 g/mol. The lowest BCUT2D eigenvalue weighted by Gasteiger charge is -2.43. The summed E-state index contributed by atoms with van der Waals surface area (Å²) >= 11 is 6.00. The minimum atomic E-state index is -0.990. The number of benzene rings is 1. The largest absolute Gasteiger partial charge is 0.466 e. The lowest BCUT2D eigenvalue weighted by atomic mass is 9.84. The standard InChI is InChI=1S/C26H30ClN3O5/c1-15-22(16(2)35-28-15)20-14-19-8-9-21(23(20)24(31)34-3)30(19)25(32)29-12-10-26(33,11-13-29)17-4-6-18(27)7-5-17/h4-7,19,21,33H,8-14H2,1-3H3/t19-,21+/m0/s1. The maximum Gasteiger partial charge on any atom is 0.336 e. The molecule has 2 amide bonds. The molecule has 8 nitrogen and oxygen atoms in total. The molecule has 2 atom stereocenters. The van der Waals surface area contributed by atoms with Crippen LogP contribution >= 0.6 is 11.6 Å². The van der Waals surface area contributed by atoms with Gasteiger partial charge >= 0.3 is 12.0 Å². The molecule has 2 aromatic rings. The Hall–Kier alpha value is -2.84. The zero-order valence-corrected chi connectivity index (χ0v) is 21.0. The number of fused-ring (bicyclic) bond motifs is 2. The first-order valence-corrected chi connectivity index (χ1v) is 12.4. The second kappa shape index (κ2) is 8.99. The van der Waals surface area contributed by atoms with E-state index in [1.807, 2.05) is 30.9 Å². The van der Waals surface area contributed by atoms with Crippen molar-refractivity contribution in [2.45, 2.75) is 63.6 Å². The monoisotopic (exact) mass is 499 g/mol. The highest BCUT2D eigenvalue weighted by atomic mass is 35.5. The summed E-state index contributed by atoms with van der Waals surface area (Å²) in [5, 5.41) is 15.9. The number of piperidine rings is 1. The second-order valence-electron chi connectivity index (χ2n) is 9.75. The average molecular weight is 500 g/mol. The van der Waals surface area contributed by atoms with E-state index in [1.165, 1.54) is 7.11 Å². The van der Waals surface area contributed by atoms with Crippen LogP contribution in [-0.4, -0.2) is 64.3 Å². The van der Waals surface area contributed by atoms with Gasteiger partial charge in [-0.15, -0.1) is 0 Å². The van der Waals surface area contributed by atoms with Gasteiger partial charge in [0.2, 0.25) is 0 Å². The first-order chi connectivity index (χ1) is 16.7. The Labute approximate surface area is 209 Å². The number of carbonyl (C=O) groups excluding carboxylic acids is 2. The van der Waals surface area contributed by atoms with E-state index < -0.39 is 11.6 Å². The molecule has 1 N–H and O–H groups in total. The van der Waals surface area contributed by atoms with Crippen molar-refractivity contribution in [2.24, 2.45) is 0 Å². The molecule has 9 heteroatoms. The van der Waals surface area contributed by atoms with Crippen molar-refractivity contribution in [3.05, 3.63) is 57.4 Å². The number of hydrogen-bond donors (Lipinski definition) is 1. The number of hydrogen-bond acceptors (Lipinski definition) is 6. The average Bonchev–Trinajstić information content (AvgIpc) is 3.35. The van der Waals surface area contributed by atoms with Gasteiger partial charge in [0.25, 0.3) is 0 Å². The smallest absolute Gasteiger partial charge is 0.336 e. The van der Waals surface area contributed by atoms with Gasteiger partial charge in [-0.25, -0.2) is 9.59 Å². The van der Waals surface area contributed by atoms with Crippen LogP contribution in [0.5, 0.6) is 0 Å². The van der Waals surface area contributed by atoms with E-state index in [0.717, 1.165) is 28.8 Å². The number of aryl methyl sites for hydroxylation is 2. The lowest BCUT2D eigenvalue weighted by molar-refractivity contribution is -0.136. The zero-order chi connectivity index (χ0) is 24.9. The summed E-state index contributed by atoms with van der Waals surface area (Å²) in [6, 6.07) is 6.78. The summed E-state index contributed by atoms with van der Waals surface area (Å²) in [6.07, 6.45) is 2.95.